The fourth-order valence-electron chi connectivity index (χ4n) is 3.69. The lowest BCUT2D eigenvalue weighted by Crippen LogP contribution is -2.41. The van der Waals surface area contributed by atoms with E-state index in [4.69, 9.17) is 9.84 Å². The molecule has 2 aromatic carbocycles. The van der Waals surface area contributed by atoms with E-state index in [1.807, 2.05) is 24.3 Å². The first kappa shape index (κ1) is 15.7. The summed E-state index contributed by atoms with van der Waals surface area (Å²) in [5.74, 6) is -0.551. The van der Waals surface area contributed by atoms with Gasteiger partial charge in [-0.1, -0.05) is 36.4 Å². The van der Waals surface area contributed by atoms with Crippen molar-refractivity contribution in [3.05, 3.63) is 53.6 Å². The van der Waals surface area contributed by atoms with Crippen molar-refractivity contribution in [2.24, 2.45) is 5.92 Å². The summed E-state index contributed by atoms with van der Waals surface area (Å²) >= 11 is 0. The number of carbonyl (C=O) groups is 2. The lowest BCUT2D eigenvalue weighted by Gasteiger charge is -2.29. The van der Waals surface area contributed by atoms with Crippen LogP contribution in [0.3, 0.4) is 0 Å². The summed E-state index contributed by atoms with van der Waals surface area (Å²) in [7, 11) is 0. The van der Waals surface area contributed by atoms with Crippen LogP contribution in [-0.2, 0) is 11.2 Å². The molecule has 1 amide bonds. The van der Waals surface area contributed by atoms with Crippen LogP contribution in [0, 0.1) is 5.92 Å². The highest BCUT2D eigenvalue weighted by Gasteiger charge is 2.29. The normalized spacial score (nSPS) is 16.2. The highest BCUT2D eigenvalue weighted by atomic mass is 16.6. The maximum atomic E-state index is 12.5. The molecular formula is C20H19NO4. The van der Waals surface area contributed by atoms with Gasteiger partial charge in [-0.25, -0.2) is 4.79 Å². The minimum Gasteiger partial charge on any atom is -0.481 e. The second-order valence-electron chi connectivity index (χ2n) is 6.58. The molecule has 0 bridgehead atoms. The fraction of sp³-hybridized carbons (Fsp3) is 0.300. The number of aliphatic carboxylic acids is 1. The molecule has 2 aromatic rings. The third kappa shape index (κ3) is 2.86. The number of carboxylic acids is 1. The highest BCUT2D eigenvalue weighted by molar-refractivity contribution is 5.81. The summed E-state index contributed by atoms with van der Waals surface area (Å²) in [6, 6.07) is 14.0. The summed E-state index contributed by atoms with van der Waals surface area (Å²) in [6.07, 6.45) is 1.31. The monoisotopic (exact) mass is 337 g/mol. The number of piperidine rings is 1. The molecule has 0 saturated carbocycles. The van der Waals surface area contributed by atoms with Gasteiger partial charge in [-0.05, 0) is 35.6 Å². The number of rotatable bonds is 2. The molecule has 4 rings (SSSR count). The van der Waals surface area contributed by atoms with Crippen LogP contribution in [0.25, 0.3) is 11.1 Å². The highest BCUT2D eigenvalue weighted by Crippen LogP contribution is 2.41. The molecule has 0 unspecified atom stereocenters. The number of nitrogens with zero attached hydrogens (tertiary/aromatic N) is 1. The Bertz CT molecular complexity index is 837. The number of carbonyl (C=O) groups excluding carboxylic acids is 1. The number of fused-ring (bicyclic) bond motifs is 3. The summed E-state index contributed by atoms with van der Waals surface area (Å²) in [6.45, 7) is 0.843. The van der Waals surface area contributed by atoms with E-state index < -0.39 is 12.1 Å². The molecule has 1 aliphatic heterocycles. The van der Waals surface area contributed by atoms with Crippen LogP contribution in [0.4, 0.5) is 4.79 Å². The Kier molecular flexibility index (Phi) is 3.92. The number of amides is 1. The van der Waals surface area contributed by atoms with Crippen LogP contribution in [0.2, 0.25) is 0 Å². The Labute approximate surface area is 145 Å². The van der Waals surface area contributed by atoms with Crippen molar-refractivity contribution in [1.82, 2.24) is 4.90 Å². The van der Waals surface area contributed by atoms with E-state index in [2.05, 4.69) is 18.2 Å². The smallest absolute Gasteiger partial charge is 0.415 e. The Morgan fingerprint density at radius 3 is 2.48 bits per heavy atom. The summed E-state index contributed by atoms with van der Waals surface area (Å²) in [5.41, 5.74) is 4.59. The molecule has 0 atom stereocenters. The summed E-state index contributed by atoms with van der Waals surface area (Å²) in [5, 5.41) is 9.06. The van der Waals surface area contributed by atoms with E-state index in [1.165, 1.54) is 11.1 Å². The van der Waals surface area contributed by atoms with Crippen molar-refractivity contribution in [2.75, 3.05) is 13.1 Å². The van der Waals surface area contributed by atoms with Gasteiger partial charge < -0.3 is 14.7 Å². The van der Waals surface area contributed by atoms with Gasteiger partial charge in [0.1, 0.15) is 5.75 Å². The molecule has 25 heavy (non-hydrogen) atoms. The third-order valence-corrected chi connectivity index (χ3v) is 5.11. The topological polar surface area (TPSA) is 66.8 Å². The molecule has 5 nitrogen and oxygen atoms in total. The first-order chi connectivity index (χ1) is 12.1. The quantitative estimate of drug-likeness (QED) is 0.776. The zero-order chi connectivity index (χ0) is 17.4. The first-order valence-electron chi connectivity index (χ1n) is 8.53. The SMILES string of the molecule is O=C(O)C1CCN(C(=O)Oc2cccc3c2Cc2ccccc2-3)CC1. The van der Waals surface area contributed by atoms with E-state index in [0.717, 1.165) is 17.5 Å². The second-order valence-corrected chi connectivity index (χ2v) is 6.58. The molecule has 128 valence electrons. The predicted molar refractivity (Wildman–Crippen MR) is 92.6 cm³/mol. The van der Waals surface area contributed by atoms with Crippen molar-refractivity contribution < 1.29 is 19.4 Å². The number of carboxylic acid groups (broad SMARTS) is 1. The lowest BCUT2D eigenvalue weighted by atomic mass is 9.97. The average molecular weight is 337 g/mol. The zero-order valence-corrected chi connectivity index (χ0v) is 13.8. The third-order valence-electron chi connectivity index (χ3n) is 5.11. The largest absolute Gasteiger partial charge is 0.481 e. The van der Waals surface area contributed by atoms with E-state index in [9.17, 15) is 9.59 Å². The zero-order valence-electron chi connectivity index (χ0n) is 13.8. The summed E-state index contributed by atoms with van der Waals surface area (Å²) < 4.78 is 5.66. The van der Waals surface area contributed by atoms with Gasteiger partial charge in [0, 0.05) is 25.1 Å². The molecule has 2 aliphatic rings. The minimum atomic E-state index is -0.785. The number of hydrogen-bond donors (Lipinski definition) is 1. The van der Waals surface area contributed by atoms with E-state index in [0.29, 0.717) is 31.7 Å². The Morgan fingerprint density at radius 1 is 1.00 bits per heavy atom. The van der Waals surface area contributed by atoms with E-state index >= 15 is 0 Å². The molecule has 1 aliphatic carbocycles. The van der Waals surface area contributed by atoms with Gasteiger partial charge >= 0.3 is 12.1 Å². The van der Waals surface area contributed by atoms with Gasteiger partial charge in [-0.2, -0.15) is 0 Å². The Hall–Kier alpha value is -2.82. The van der Waals surface area contributed by atoms with Gasteiger partial charge in [0.2, 0.25) is 0 Å². The van der Waals surface area contributed by atoms with Crippen molar-refractivity contribution in [1.29, 1.82) is 0 Å². The van der Waals surface area contributed by atoms with E-state index in [-0.39, 0.29) is 5.92 Å². The van der Waals surface area contributed by atoms with Crippen molar-refractivity contribution in [3.63, 3.8) is 0 Å². The van der Waals surface area contributed by atoms with Crippen LogP contribution in [0.5, 0.6) is 5.75 Å². The summed E-state index contributed by atoms with van der Waals surface area (Å²) in [4.78, 5) is 25.1. The van der Waals surface area contributed by atoms with Crippen molar-refractivity contribution in [2.45, 2.75) is 19.3 Å². The maximum absolute atomic E-state index is 12.5. The van der Waals surface area contributed by atoms with E-state index in [1.54, 1.807) is 4.90 Å². The Balaban J connectivity index is 1.50. The number of benzene rings is 2. The van der Waals surface area contributed by atoms with Gasteiger partial charge in [0.15, 0.2) is 0 Å². The standard InChI is InChI=1S/C20H19NO4/c22-19(23)13-8-10-21(11-9-13)20(24)25-18-7-3-6-16-15-5-2-1-4-14(15)12-17(16)18/h1-7,13H,8-12H2,(H,22,23). The predicted octanol–water partition coefficient (Wildman–Crippen LogP) is 3.55. The molecule has 1 N–H and O–H groups in total. The van der Waals surface area contributed by atoms with Gasteiger partial charge in [0.05, 0.1) is 5.92 Å². The van der Waals surface area contributed by atoms with Gasteiger partial charge in [0.25, 0.3) is 0 Å². The maximum Gasteiger partial charge on any atom is 0.415 e. The number of hydrogen-bond acceptors (Lipinski definition) is 3. The average Bonchev–Trinajstić information content (AvgIpc) is 3.01. The Morgan fingerprint density at radius 2 is 1.72 bits per heavy atom. The molecule has 1 saturated heterocycles. The molecule has 0 aromatic heterocycles. The minimum absolute atomic E-state index is 0.362. The van der Waals surface area contributed by atoms with Crippen LogP contribution >= 0.6 is 0 Å². The second kappa shape index (κ2) is 6.24. The number of likely N-dealkylation sites (tertiary alicyclic amines) is 1. The van der Waals surface area contributed by atoms with Crippen LogP contribution in [0.15, 0.2) is 42.5 Å². The fourth-order valence-corrected chi connectivity index (χ4v) is 3.69. The molecular weight excluding hydrogens is 318 g/mol. The lowest BCUT2D eigenvalue weighted by molar-refractivity contribution is -0.143. The van der Waals surface area contributed by atoms with Crippen molar-refractivity contribution in [3.8, 4) is 16.9 Å². The first-order valence-corrected chi connectivity index (χ1v) is 8.53. The molecule has 5 heteroatoms. The van der Waals surface area contributed by atoms with Gasteiger partial charge in [-0.15, -0.1) is 0 Å². The molecule has 1 heterocycles. The molecule has 0 radical (unpaired) electrons. The molecule has 1 fully saturated rings. The number of ether oxygens (including phenoxy) is 1. The van der Waals surface area contributed by atoms with Gasteiger partial charge in [-0.3, -0.25) is 4.79 Å². The van der Waals surface area contributed by atoms with Crippen LogP contribution < -0.4 is 4.74 Å². The molecule has 0 spiro atoms. The van der Waals surface area contributed by atoms with Crippen LogP contribution in [-0.4, -0.2) is 35.2 Å². The van der Waals surface area contributed by atoms with Crippen LogP contribution in [0.1, 0.15) is 24.0 Å². The van der Waals surface area contributed by atoms with Crippen molar-refractivity contribution >= 4 is 12.1 Å².